The van der Waals surface area contributed by atoms with Gasteiger partial charge in [0.15, 0.2) is 0 Å². The zero-order chi connectivity index (χ0) is 17.4. The monoisotopic (exact) mass is 330 g/mol. The van der Waals surface area contributed by atoms with Gasteiger partial charge < -0.3 is 15.2 Å². The van der Waals surface area contributed by atoms with Crippen LogP contribution in [0.4, 0.5) is 5.82 Å². The first-order valence-electron chi connectivity index (χ1n) is 8.11. The first-order valence-corrected chi connectivity index (χ1v) is 8.11. The zero-order valence-corrected chi connectivity index (χ0v) is 14.3. The fourth-order valence-electron chi connectivity index (χ4n) is 2.83. The molecule has 128 valence electrons. The molecule has 0 spiro atoms. The van der Waals surface area contributed by atoms with Gasteiger partial charge in [-0.2, -0.15) is 5.10 Å². The quantitative estimate of drug-likeness (QED) is 0.896. The molecule has 1 atom stereocenters. The van der Waals surface area contributed by atoms with Crippen molar-refractivity contribution in [3.8, 4) is 17.1 Å². The van der Waals surface area contributed by atoms with Gasteiger partial charge in [0.1, 0.15) is 17.1 Å². The van der Waals surface area contributed by atoms with E-state index in [0.29, 0.717) is 23.7 Å². The third kappa shape index (κ3) is 2.93. The zero-order valence-electron chi connectivity index (χ0n) is 14.3. The predicted octanol–water partition coefficient (Wildman–Crippen LogP) is 2.94. The van der Waals surface area contributed by atoms with Crippen LogP contribution in [0.15, 0.2) is 12.3 Å². The van der Waals surface area contributed by atoms with Crippen molar-refractivity contribution in [3.05, 3.63) is 23.4 Å². The van der Waals surface area contributed by atoms with E-state index in [4.69, 9.17) is 4.74 Å². The van der Waals surface area contributed by atoms with Crippen LogP contribution in [0, 0.1) is 6.92 Å². The molecular weight excluding hydrogens is 308 g/mol. The number of pyridine rings is 1. The van der Waals surface area contributed by atoms with E-state index in [0.717, 1.165) is 17.8 Å². The van der Waals surface area contributed by atoms with E-state index in [-0.39, 0.29) is 17.7 Å². The Morgan fingerprint density at radius 2 is 2.25 bits per heavy atom. The molecule has 24 heavy (non-hydrogen) atoms. The maximum atomic E-state index is 11.8. The van der Waals surface area contributed by atoms with Gasteiger partial charge in [0.25, 0.3) is 0 Å². The Morgan fingerprint density at radius 3 is 2.88 bits per heavy atom. The summed E-state index contributed by atoms with van der Waals surface area (Å²) in [5.41, 5.74) is 2.14. The molecule has 0 aliphatic carbocycles. The number of hydrogen-bond acceptors (Lipinski definition) is 5. The molecule has 0 radical (unpaired) electrons. The number of fused-ring (bicyclic) bond motifs is 1. The number of aromatic carboxylic acids is 1. The molecule has 7 nitrogen and oxygen atoms in total. The summed E-state index contributed by atoms with van der Waals surface area (Å²) in [4.78, 5) is 16.2. The van der Waals surface area contributed by atoms with Gasteiger partial charge >= 0.3 is 5.97 Å². The molecule has 3 heterocycles. The molecule has 0 saturated heterocycles. The molecule has 2 aromatic rings. The van der Waals surface area contributed by atoms with Crippen molar-refractivity contribution >= 4 is 11.8 Å². The highest BCUT2D eigenvalue weighted by molar-refractivity contribution is 5.98. The van der Waals surface area contributed by atoms with Gasteiger partial charge in [-0.1, -0.05) is 0 Å². The molecule has 3 rings (SSSR count). The molecule has 1 aliphatic heterocycles. The highest BCUT2D eigenvalue weighted by Crippen LogP contribution is 2.35. The average Bonchev–Trinajstić information content (AvgIpc) is 2.84. The number of carboxylic acid groups (broad SMARTS) is 1. The molecule has 2 aromatic heterocycles. The summed E-state index contributed by atoms with van der Waals surface area (Å²) in [7, 11) is 0. The number of aryl methyl sites for hydroxylation is 2. The standard InChI is InChI=1S/C17H22N4O3/c1-9(2)19-13-7-10(3)12(8-18-13)15-14(17(22)23)16-21(20-15)6-5-11(4)24-16/h7-9,11H,5-6H2,1-4H3,(H,18,19)(H,22,23)/t11-/m1/s1. The second kappa shape index (κ2) is 6.14. The molecule has 0 fully saturated rings. The number of carbonyl (C=O) groups is 1. The van der Waals surface area contributed by atoms with Gasteiger partial charge in [0.2, 0.25) is 5.88 Å². The summed E-state index contributed by atoms with van der Waals surface area (Å²) in [5.74, 6) is 0.0566. The van der Waals surface area contributed by atoms with Crippen molar-refractivity contribution in [2.24, 2.45) is 0 Å². The smallest absolute Gasteiger partial charge is 0.343 e. The molecule has 0 aromatic carbocycles. The Labute approximate surface area is 140 Å². The van der Waals surface area contributed by atoms with Gasteiger partial charge in [-0.3, -0.25) is 0 Å². The van der Waals surface area contributed by atoms with E-state index in [2.05, 4.69) is 15.4 Å². The Morgan fingerprint density at radius 1 is 1.50 bits per heavy atom. The van der Waals surface area contributed by atoms with Crippen molar-refractivity contribution < 1.29 is 14.6 Å². The second-order valence-electron chi connectivity index (χ2n) is 6.46. The lowest BCUT2D eigenvalue weighted by Gasteiger charge is -2.21. The number of nitrogens with one attached hydrogen (secondary N) is 1. The molecule has 1 aliphatic rings. The van der Waals surface area contributed by atoms with E-state index in [9.17, 15) is 9.90 Å². The SMILES string of the molecule is Cc1cc(NC(C)C)ncc1-c1nn2c(c1C(=O)O)O[C@H](C)CC2. The van der Waals surface area contributed by atoms with Crippen molar-refractivity contribution in [2.75, 3.05) is 5.32 Å². The van der Waals surface area contributed by atoms with Gasteiger partial charge in [0, 0.05) is 30.8 Å². The minimum absolute atomic E-state index is 0.0167. The highest BCUT2D eigenvalue weighted by Gasteiger charge is 2.30. The van der Waals surface area contributed by atoms with Crippen LogP contribution in [0.25, 0.3) is 11.3 Å². The number of hydrogen-bond donors (Lipinski definition) is 2. The predicted molar refractivity (Wildman–Crippen MR) is 90.6 cm³/mol. The minimum Gasteiger partial charge on any atom is -0.477 e. The maximum Gasteiger partial charge on any atom is 0.343 e. The van der Waals surface area contributed by atoms with Crippen LogP contribution in [-0.2, 0) is 6.54 Å². The summed E-state index contributed by atoms with van der Waals surface area (Å²) < 4.78 is 7.37. The summed E-state index contributed by atoms with van der Waals surface area (Å²) in [6.07, 6.45) is 2.46. The van der Waals surface area contributed by atoms with Crippen LogP contribution < -0.4 is 10.1 Å². The first-order chi connectivity index (χ1) is 11.4. The van der Waals surface area contributed by atoms with Crippen LogP contribution in [-0.4, -0.2) is 38.0 Å². The molecule has 0 saturated carbocycles. The fourth-order valence-corrected chi connectivity index (χ4v) is 2.83. The number of aromatic nitrogens is 3. The number of anilines is 1. The van der Waals surface area contributed by atoms with Crippen molar-refractivity contribution in [3.63, 3.8) is 0 Å². The number of rotatable bonds is 4. The van der Waals surface area contributed by atoms with E-state index in [1.807, 2.05) is 33.8 Å². The topological polar surface area (TPSA) is 89.3 Å². The van der Waals surface area contributed by atoms with Gasteiger partial charge in [-0.05, 0) is 39.3 Å². The van der Waals surface area contributed by atoms with Crippen LogP contribution in [0.1, 0.15) is 43.1 Å². The van der Waals surface area contributed by atoms with Crippen LogP contribution >= 0.6 is 0 Å². The van der Waals surface area contributed by atoms with Gasteiger partial charge in [0.05, 0.1) is 6.10 Å². The van der Waals surface area contributed by atoms with E-state index in [1.54, 1.807) is 10.9 Å². The molecular formula is C17H22N4O3. The normalized spacial score (nSPS) is 16.6. The Kier molecular flexibility index (Phi) is 4.17. The van der Waals surface area contributed by atoms with Crippen molar-refractivity contribution in [1.82, 2.24) is 14.8 Å². The summed E-state index contributed by atoms with van der Waals surface area (Å²) in [5, 5.41) is 17.4. The van der Waals surface area contributed by atoms with Gasteiger partial charge in [-0.15, -0.1) is 0 Å². The summed E-state index contributed by atoms with van der Waals surface area (Å²) >= 11 is 0. The van der Waals surface area contributed by atoms with Crippen molar-refractivity contribution in [2.45, 2.75) is 52.8 Å². The van der Waals surface area contributed by atoms with Gasteiger partial charge in [-0.25, -0.2) is 14.5 Å². The average molecular weight is 330 g/mol. The fraction of sp³-hybridized carbons (Fsp3) is 0.471. The van der Waals surface area contributed by atoms with E-state index in [1.165, 1.54) is 0 Å². The number of ether oxygens (including phenoxy) is 1. The minimum atomic E-state index is -1.04. The highest BCUT2D eigenvalue weighted by atomic mass is 16.5. The van der Waals surface area contributed by atoms with Crippen LogP contribution in [0.3, 0.4) is 0 Å². The Bertz CT molecular complexity index is 782. The largest absolute Gasteiger partial charge is 0.477 e. The van der Waals surface area contributed by atoms with E-state index < -0.39 is 5.97 Å². The summed E-state index contributed by atoms with van der Waals surface area (Å²) in [6, 6.07) is 2.18. The number of carboxylic acids is 1. The van der Waals surface area contributed by atoms with Crippen molar-refractivity contribution in [1.29, 1.82) is 0 Å². The third-order valence-electron chi connectivity index (χ3n) is 3.98. The lowest BCUT2D eigenvalue weighted by atomic mass is 10.0. The van der Waals surface area contributed by atoms with E-state index >= 15 is 0 Å². The lowest BCUT2D eigenvalue weighted by Crippen LogP contribution is -2.24. The molecule has 2 N–H and O–H groups in total. The third-order valence-corrected chi connectivity index (χ3v) is 3.98. The second-order valence-corrected chi connectivity index (χ2v) is 6.46. The molecule has 0 bridgehead atoms. The molecule has 7 heteroatoms. The lowest BCUT2D eigenvalue weighted by molar-refractivity contribution is 0.0684. The molecule has 0 unspecified atom stereocenters. The Hall–Kier alpha value is -2.57. The number of nitrogens with zero attached hydrogens (tertiary/aromatic N) is 3. The molecule has 0 amide bonds. The summed E-state index contributed by atoms with van der Waals surface area (Å²) in [6.45, 7) is 8.58. The van der Waals surface area contributed by atoms with Crippen LogP contribution in [0.2, 0.25) is 0 Å². The first kappa shape index (κ1) is 16.3. The Balaban J connectivity index is 2.08. The van der Waals surface area contributed by atoms with Crippen LogP contribution in [0.5, 0.6) is 5.88 Å². The maximum absolute atomic E-state index is 11.8.